The minimum absolute atomic E-state index is 0.382. The molecule has 0 aromatic carbocycles. The molecule has 0 aliphatic rings. The summed E-state index contributed by atoms with van der Waals surface area (Å²) in [5.74, 6) is -0.486. The maximum Gasteiger partial charge on any atom is 0.327 e. The predicted octanol–water partition coefficient (Wildman–Crippen LogP) is -0.651. The van der Waals surface area contributed by atoms with Crippen molar-refractivity contribution >= 4 is 5.97 Å². The van der Waals surface area contributed by atoms with Crippen molar-refractivity contribution in [2.45, 2.75) is 12.5 Å². The number of nitrogens with two attached hydrogens (primary N) is 2. The molecule has 0 radical (unpaired) electrons. The number of rotatable bonds is 4. The van der Waals surface area contributed by atoms with Crippen LogP contribution < -0.4 is 11.5 Å². The molecule has 0 aromatic rings. The van der Waals surface area contributed by atoms with Crippen molar-refractivity contribution < 1.29 is 9.53 Å². The Kier molecular flexibility index (Phi) is 4.53. The largest absolute Gasteiger partial charge is 0.434 e. The maximum atomic E-state index is 10.7. The third-order valence-corrected chi connectivity index (χ3v) is 0.980. The van der Waals surface area contributed by atoms with Gasteiger partial charge in [0.15, 0.2) is 0 Å². The molecule has 58 valence electrons. The summed E-state index contributed by atoms with van der Waals surface area (Å²) in [6.45, 7) is 3.60. The van der Waals surface area contributed by atoms with Crippen LogP contribution in [0.15, 0.2) is 12.8 Å². The van der Waals surface area contributed by atoms with Crippen LogP contribution in [0, 0.1) is 0 Å². The fourth-order valence-electron chi connectivity index (χ4n) is 0.467. The van der Waals surface area contributed by atoms with E-state index in [4.69, 9.17) is 11.5 Å². The summed E-state index contributed by atoms with van der Waals surface area (Å²) in [6.07, 6.45) is 1.49. The van der Waals surface area contributed by atoms with Gasteiger partial charge in [-0.05, 0) is 13.0 Å². The van der Waals surface area contributed by atoms with E-state index in [1.807, 2.05) is 0 Å². The number of hydrogen-bond acceptors (Lipinski definition) is 4. The number of carbonyl (C=O) groups is 1. The lowest BCUT2D eigenvalue weighted by Crippen LogP contribution is -2.33. The van der Waals surface area contributed by atoms with Gasteiger partial charge in [-0.15, -0.1) is 0 Å². The molecule has 0 rings (SSSR count). The first-order valence-electron chi connectivity index (χ1n) is 2.99. The lowest BCUT2D eigenvalue weighted by molar-refractivity contribution is -0.139. The average molecular weight is 144 g/mol. The molecule has 0 bridgehead atoms. The van der Waals surface area contributed by atoms with Crippen LogP contribution in [0.5, 0.6) is 0 Å². The van der Waals surface area contributed by atoms with E-state index in [0.717, 1.165) is 6.26 Å². The van der Waals surface area contributed by atoms with Crippen LogP contribution in [-0.4, -0.2) is 18.6 Å². The standard InChI is InChI=1S/C6H12N2O2/c1-2-10-6(9)5(8)3-4-7/h2,5H,1,3-4,7-8H2. The Morgan fingerprint density at radius 3 is 2.80 bits per heavy atom. The van der Waals surface area contributed by atoms with Gasteiger partial charge < -0.3 is 16.2 Å². The van der Waals surface area contributed by atoms with Gasteiger partial charge in [0.2, 0.25) is 0 Å². The van der Waals surface area contributed by atoms with Crippen molar-refractivity contribution in [2.24, 2.45) is 11.5 Å². The van der Waals surface area contributed by atoms with Gasteiger partial charge in [0, 0.05) is 0 Å². The number of carbonyl (C=O) groups excluding carboxylic acids is 1. The van der Waals surface area contributed by atoms with Gasteiger partial charge >= 0.3 is 5.97 Å². The van der Waals surface area contributed by atoms with Gasteiger partial charge in [-0.1, -0.05) is 6.58 Å². The molecule has 0 saturated carbocycles. The van der Waals surface area contributed by atoms with E-state index in [0.29, 0.717) is 13.0 Å². The summed E-state index contributed by atoms with van der Waals surface area (Å²) < 4.78 is 4.40. The Morgan fingerprint density at radius 1 is 1.80 bits per heavy atom. The van der Waals surface area contributed by atoms with E-state index in [2.05, 4.69) is 11.3 Å². The minimum Gasteiger partial charge on any atom is -0.434 e. The fraction of sp³-hybridized carbons (Fsp3) is 0.500. The Bertz CT molecular complexity index is 125. The van der Waals surface area contributed by atoms with Gasteiger partial charge in [0.05, 0.1) is 6.26 Å². The third kappa shape index (κ3) is 3.21. The van der Waals surface area contributed by atoms with E-state index >= 15 is 0 Å². The molecule has 0 aromatic heterocycles. The summed E-state index contributed by atoms with van der Waals surface area (Å²) >= 11 is 0. The molecule has 4 N–H and O–H groups in total. The molecule has 0 aliphatic carbocycles. The minimum atomic E-state index is -0.622. The normalized spacial score (nSPS) is 12.2. The Labute approximate surface area is 59.8 Å². The van der Waals surface area contributed by atoms with Gasteiger partial charge in [-0.2, -0.15) is 0 Å². The Morgan fingerprint density at radius 2 is 2.40 bits per heavy atom. The predicted molar refractivity (Wildman–Crippen MR) is 37.9 cm³/mol. The highest BCUT2D eigenvalue weighted by Crippen LogP contribution is 1.89. The van der Waals surface area contributed by atoms with E-state index < -0.39 is 12.0 Å². The average Bonchev–Trinajstić information content (AvgIpc) is 1.89. The highest BCUT2D eigenvalue weighted by atomic mass is 16.5. The SMILES string of the molecule is C=COC(=O)C(N)CCN. The highest BCUT2D eigenvalue weighted by molar-refractivity contribution is 5.75. The fourth-order valence-corrected chi connectivity index (χ4v) is 0.467. The van der Waals surface area contributed by atoms with E-state index in [9.17, 15) is 4.79 Å². The van der Waals surface area contributed by atoms with E-state index in [-0.39, 0.29) is 0 Å². The van der Waals surface area contributed by atoms with Crippen molar-refractivity contribution in [3.05, 3.63) is 12.8 Å². The molecule has 0 spiro atoms. The lowest BCUT2D eigenvalue weighted by Gasteiger charge is -2.05. The zero-order chi connectivity index (χ0) is 7.98. The van der Waals surface area contributed by atoms with Crippen molar-refractivity contribution in [2.75, 3.05) is 6.54 Å². The van der Waals surface area contributed by atoms with Crippen LogP contribution in [0.25, 0.3) is 0 Å². The van der Waals surface area contributed by atoms with Crippen LogP contribution in [0.3, 0.4) is 0 Å². The summed E-state index contributed by atoms with van der Waals surface area (Å²) in [5.41, 5.74) is 10.5. The molecular formula is C6H12N2O2. The molecule has 1 unspecified atom stereocenters. The first-order chi connectivity index (χ1) is 4.72. The van der Waals surface area contributed by atoms with E-state index in [1.165, 1.54) is 0 Å². The summed E-state index contributed by atoms with van der Waals surface area (Å²) in [6, 6.07) is -0.622. The molecule has 1 atom stereocenters. The third-order valence-electron chi connectivity index (χ3n) is 0.980. The second-order valence-electron chi connectivity index (χ2n) is 1.79. The second kappa shape index (κ2) is 4.96. The van der Waals surface area contributed by atoms with Crippen molar-refractivity contribution in [1.82, 2.24) is 0 Å². The van der Waals surface area contributed by atoms with Crippen molar-refractivity contribution in [3.8, 4) is 0 Å². The van der Waals surface area contributed by atoms with Gasteiger partial charge in [0.1, 0.15) is 6.04 Å². The van der Waals surface area contributed by atoms with Gasteiger partial charge in [-0.25, -0.2) is 4.79 Å². The first kappa shape index (κ1) is 9.13. The molecule has 0 amide bonds. The molecular weight excluding hydrogens is 132 g/mol. The summed E-state index contributed by atoms with van der Waals surface area (Å²) in [4.78, 5) is 10.7. The molecule has 0 saturated heterocycles. The smallest absolute Gasteiger partial charge is 0.327 e. The molecule has 0 aliphatic heterocycles. The zero-order valence-electron chi connectivity index (χ0n) is 5.75. The maximum absolute atomic E-state index is 10.7. The molecule has 4 nitrogen and oxygen atoms in total. The number of ether oxygens (including phenoxy) is 1. The van der Waals surface area contributed by atoms with Crippen molar-refractivity contribution in [3.63, 3.8) is 0 Å². The monoisotopic (exact) mass is 144 g/mol. The zero-order valence-corrected chi connectivity index (χ0v) is 5.75. The highest BCUT2D eigenvalue weighted by Gasteiger charge is 2.11. The lowest BCUT2D eigenvalue weighted by atomic mass is 10.2. The van der Waals surface area contributed by atoms with Crippen LogP contribution in [0.4, 0.5) is 0 Å². The Hall–Kier alpha value is -0.870. The van der Waals surface area contributed by atoms with Crippen LogP contribution in [0.2, 0.25) is 0 Å². The van der Waals surface area contributed by atoms with Gasteiger partial charge in [-0.3, -0.25) is 0 Å². The van der Waals surface area contributed by atoms with Crippen LogP contribution in [-0.2, 0) is 9.53 Å². The molecule has 4 heteroatoms. The van der Waals surface area contributed by atoms with E-state index in [1.54, 1.807) is 0 Å². The number of hydrogen-bond donors (Lipinski definition) is 2. The summed E-state index contributed by atoms with van der Waals surface area (Å²) in [5, 5.41) is 0. The quantitative estimate of drug-likeness (QED) is 0.406. The van der Waals surface area contributed by atoms with Crippen molar-refractivity contribution in [1.29, 1.82) is 0 Å². The second-order valence-corrected chi connectivity index (χ2v) is 1.79. The Balaban J connectivity index is 3.58. The molecule has 0 heterocycles. The summed E-state index contributed by atoms with van der Waals surface area (Å²) in [7, 11) is 0. The molecule has 10 heavy (non-hydrogen) atoms. The topological polar surface area (TPSA) is 78.3 Å². The van der Waals surface area contributed by atoms with Gasteiger partial charge in [0.25, 0.3) is 0 Å². The van der Waals surface area contributed by atoms with Crippen LogP contribution >= 0.6 is 0 Å². The first-order valence-corrected chi connectivity index (χ1v) is 2.99. The van der Waals surface area contributed by atoms with Crippen LogP contribution in [0.1, 0.15) is 6.42 Å². The molecule has 0 fully saturated rings. The number of esters is 1.